The van der Waals surface area contributed by atoms with E-state index in [4.69, 9.17) is 5.11 Å². The molecule has 17 heavy (non-hydrogen) atoms. The van der Waals surface area contributed by atoms with Crippen LogP contribution in [0, 0.1) is 0 Å². The zero-order valence-electron chi connectivity index (χ0n) is 10.2. The molecule has 0 saturated carbocycles. The lowest BCUT2D eigenvalue weighted by Gasteiger charge is -2.21. The Morgan fingerprint density at radius 3 is 3.06 bits per heavy atom. The molecule has 1 aliphatic heterocycles. The molecule has 0 radical (unpaired) electrons. The highest BCUT2D eigenvalue weighted by Crippen LogP contribution is 2.20. The zero-order chi connectivity index (χ0) is 12.4. The third kappa shape index (κ3) is 2.46. The molecule has 2 heterocycles. The SMILES string of the molecule is CC(C)n1ncnc1CN1CCCC1C(=O)O. The first-order valence-electron chi connectivity index (χ1n) is 5.95. The van der Waals surface area contributed by atoms with E-state index in [2.05, 4.69) is 10.1 Å². The Kier molecular flexibility index (Phi) is 3.42. The quantitative estimate of drug-likeness (QED) is 0.844. The summed E-state index contributed by atoms with van der Waals surface area (Å²) in [5.41, 5.74) is 0. The van der Waals surface area contributed by atoms with Crippen LogP contribution >= 0.6 is 0 Å². The third-order valence-electron chi connectivity index (χ3n) is 3.13. The first-order chi connectivity index (χ1) is 8.09. The van der Waals surface area contributed by atoms with Crippen molar-refractivity contribution in [2.24, 2.45) is 0 Å². The van der Waals surface area contributed by atoms with Gasteiger partial charge in [-0.25, -0.2) is 9.67 Å². The van der Waals surface area contributed by atoms with Gasteiger partial charge in [0.05, 0.1) is 6.54 Å². The van der Waals surface area contributed by atoms with Crippen LogP contribution in [0.1, 0.15) is 38.6 Å². The number of hydrogen-bond donors (Lipinski definition) is 1. The van der Waals surface area contributed by atoms with E-state index in [1.165, 1.54) is 6.33 Å². The number of carboxylic acid groups (broad SMARTS) is 1. The summed E-state index contributed by atoms with van der Waals surface area (Å²) >= 11 is 0. The van der Waals surface area contributed by atoms with Crippen molar-refractivity contribution in [3.8, 4) is 0 Å². The second kappa shape index (κ2) is 4.83. The molecule has 1 unspecified atom stereocenters. The lowest BCUT2D eigenvalue weighted by molar-refractivity contribution is -0.142. The number of rotatable bonds is 4. The molecular formula is C11H18N4O2. The van der Waals surface area contributed by atoms with Crippen LogP contribution in [0.15, 0.2) is 6.33 Å². The summed E-state index contributed by atoms with van der Waals surface area (Å²) in [4.78, 5) is 17.3. The van der Waals surface area contributed by atoms with Gasteiger partial charge in [0.2, 0.25) is 0 Å². The lowest BCUT2D eigenvalue weighted by atomic mass is 10.2. The highest BCUT2D eigenvalue weighted by atomic mass is 16.4. The molecule has 0 aromatic carbocycles. The Morgan fingerprint density at radius 2 is 2.41 bits per heavy atom. The second-order valence-corrected chi connectivity index (χ2v) is 4.68. The number of carboxylic acids is 1. The zero-order valence-corrected chi connectivity index (χ0v) is 10.2. The normalized spacial score (nSPS) is 21.2. The van der Waals surface area contributed by atoms with Gasteiger partial charge in [-0.3, -0.25) is 9.69 Å². The monoisotopic (exact) mass is 238 g/mol. The van der Waals surface area contributed by atoms with Crippen LogP contribution < -0.4 is 0 Å². The fourth-order valence-corrected chi connectivity index (χ4v) is 2.30. The topological polar surface area (TPSA) is 71.2 Å². The molecule has 0 aliphatic carbocycles. The van der Waals surface area contributed by atoms with E-state index in [1.807, 2.05) is 23.4 Å². The van der Waals surface area contributed by atoms with Gasteiger partial charge in [-0.05, 0) is 33.2 Å². The number of hydrogen-bond acceptors (Lipinski definition) is 4. The fraction of sp³-hybridized carbons (Fsp3) is 0.727. The minimum atomic E-state index is -0.738. The summed E-state index contributed by atoms with van der Waals surface area (Å²) in [6.45, 7) is 5.46. The molecular weight excluding hydrogens is 220 g/mol. The van der Waals surface area contributed by atoms with E-state index in [-0.39, 0.29) is 12.1 Å². The average molecular weight is 238 g/mol. The Balaban J connectivity index is 2.10. The maximum absolute atomic E-state index is 11.1. The molecule has 1 aliphatic rings. The summed E-state index contributed by atoms with van der Waals surface area (Å²) in [6.07, 6.45) is 3.19. The van der Waals surface area contributed by atoms with E-state index in [9.17, 15) is 4.79 Å². The van der Waals surface area contributed by atoms with Crippen LogP contribution in [-0.4, -0.2) is 43.3 Å². The molecule has 6 heteroatoms. The molecule has 6 nitrogen and oxygen atoms in total. The third-order valence-corrected chi connectivity index (χ3v) is 3.13. The van der Waals surface area contributed by atoms with Crippen LogP contribution in [0.25, 0.3) is 0 Å². The molecule has 0 amide bonds. The molecule has 94 valence electrons. The molecule has 1 fully saturated rings. The Hall–Kier alpha value is -1.43. The highest BCUT2D eigenvalue weighted by Gasteiger charge is 2.31. The standard InChI is InChI=1S/C11H18N4O2/c1-8(2)15-10(12-7-13-15)6-14-5-3-4-9(14)11(16)17/h7-9H,3-6H2,1-2H3,(H,16,17). The van der Waals surface area contributed by atoms with E-state index in [0.29, 0.717) is 6.54 Å². The van der Waals surface area contributed by atoms with Crippen LogP contribution in [0.3, 0.4) is 0 Å². The van der Waals surface area contributed by atoms with Crippen molar-refractivity contribution in [2.75, 3.05) is 6.54 Å². The van der Waals surface area contributed by atoms with Crippen molar-refractivity contribution in [2.45, 2.75) is 45.3 Å². The Morgan fingerprint density at radius 1 is 1.65 bits per heavy atom. The largest absolute Gasteiger partial charge is 0.480 e. The van der Waals surface area contributed by atoms with Crippen molar-refractivity contribution in [3.63, 3.8) is 0 Å². The van der Waals surface area contributed by atoms with Gasteiger partial charge in [0.15, 0.2) is 0 Å². The maximum atomic E-state index is 11.1. The predicted molar refractivity (Wildman–Crippen MR) is 61.5 cm³/mol. The van der Waals surface area contributed by atoms with Crippen molar-refractivity contribution in [3.05, 3.63) is 12.2 Å². The van der Waals surface area contributed by atoms with Crippen molar-refractivity contribution < 1.29 is 9.90 Å². The van der Waals surface area contributed by atoms with Crippen molar-refractivity contribution in [1.82, 2.24) is 19.7 Å². The van der Waals surface area contributed by atoms with Crippen molar-refractivity contribution in [1.29, 1.82) is 0 Å². The number of likely N-dealkylation sites (tertiary alicyclic amines) is 1. The molecule has 1 saturated heterocycles. The molecule has 1 atom stereocenters. The molecule has 1 aromatic rings. The van der Waals surface area contributed by atoms with Gasteiger partial charge in [-0.1, -0.05) is 0 Å². The van der Waals surface area contributed by atoms with Crippen LogP contribution in [0.4, 0.5) is 0 Å². The van der Waals surface area contributed by atoms with Crippen LogP contribution in [-0.2, 0) is 11.3 Å². The maximum Gasteiger partial charge on any atom is 0.320 e. The van der Waals surface area contributed by atoms with Gasteiger partial charge < -0.3 is 5.11 Å². The van der Waals surface area contributed by atoms with Gasteiger partial charge in [0.25, 0.3) is 0 Å². The molecule has 1 aromatic heterocycles. The molecule has 0 spiro atoms. The van der Waals surface area contributed by atoms with E-state index in [0.717, 1.165) is 25.2 Å². The fourth-order valence-electron chi connectivity index (χ4n) is 2.30. The van der Waals surface area contributed by atoms with Gasteiger partial charge in [-0.2, -0.15) is 5.10 Å². The number of aliphatic carboxylic acids is 1. The first kappa shape index (κ1) is 12.0. The van der Waals surface area contributed by atoms with E-state index in [1.54, 1.807) is 0 Å². The summed E-state index contributed by atoms with van der Waals surface area (Å²) < 4.78 is 1.84. The lowest BCUT2D eigenvalue weighted by Crippen LogP contribution is -2.36. The van der Waals surface area contributed by atoms with Crippen LogP contribution in [0.2, 0.25) is 0 Å². The molecule has 0 bridgehead atoms. The number of aromatic nitrogens is 3. The Bertz CT molecular complexity index is 402. The van der Waals surface area contributed by atoms with Gasteiger partial charge in [0.1, 0.15) is 18.2 Å². The summed E-state index contributed by atoms with van der Waals surface area (Å²) in [6, 6.07) is -0.120. The number of carbonyl (C=O) groups is 1. The van der Waals surface area contributed by atoms with E-state index >= 15 is 0 Å². The van der Waals surface area contributed by atoms with Gasteiger partial charge in [-0.15, -0.1) is 0 Å². The molecule has 1 N–H and O–H groups in total. The minimum absolute atomic E-state index is 0.249. The van der Waals surface area contributed by atoms with Crippen LogP contribution in [0.5, 0.6) is 0 Å². The highest BCUT2D eigenvalue weighted by molar-refractivity contribution is 5.73. The predicted octanol–water partition coefficient (Wildman–Crippen LogP) is 0.908. The second-order valence-electron chi connectivity index (χ2n) is 4.68. The first-order valence-corrected chi connectivity index (χ1v) is 5.95. The summed E-state index contributed by atoms with van der Waals surface area (Å²) in [7, 11) is 0. The smallest absolute Gasteiger partial charge is 0.320 e. The number of nitrogens with zero attached hydrogens (tertiary/aromatic N) is 4. The minimum Gasteiger partial charge on any atom is -0.480 e. The molecule has 2 rings (SSSR count). The Labute approximate surface area is 100 Å². The van der Waals surface area contributed by atoms with Gasteiger partial charge >= 0.3 is 5.97 Å². The van der Waals surface area contributed by atoms with Gasteiger partial charge in [0, 0.05) is 6.04 Å². The van der Waals surface area contributed by atoms with Crippen molar-refractivity contribution >= 4 is 5.97 Å². The average Bonchev–Trinajstić information content (AvgIpc) is 2.86. The summed E-state index contributed by atoms with van der Waals surface area (Å²) in [5.74, 6) is 0.103. The summed E-state index contributed by atoms with van der Waals surface area (Å²) in [5, 5.41) is 13.3. The van der Waals surface area contributed by atoms with E-state index < -0.39 is 5.97 Å².